The van der Waals surface area contributed by atoms with E-state index in [1.807, 2.05) is 0 Å². The second-order valence-electron chi connectivity index (χ2n) is 8.08. The van der Waals surface area contributed by atoms with Crippen LogP contribution >= 0.6 is 11.3 Å². The van der Waals surface area contributed by atoms with Crippen LogP contribution in [-0.2, 0) is 16.6 Å². The highest BCUT2D eigenvalue weighted by molar-refractivity contribution is 7.15. The van der Waals surface area contributed by atoms with E-state index in [1.165, 1.54) is 29.7 Å². The zero-order chi connectivity index (χ0) is 25.4. The van der Waals surface area contributed by atoms with E-state index in [9.17, 15) is 33.0 Å². The molecule has 3 heterocycles. The van der Waals surface area contributed by atoms with Crippen molar-refractivity contribution in [1.82, 2.24) is 20.3 Å². The lowest BCUT2D eigenvalue weighted by Crippen LogP contribution is -2.27. The number of thiazole rings is 1. The number of carbonyl (C=O) groups is 2. The Bertz CT molecular complexity index is 1280. The molecule has 1 aliphatic heterocycles. The molecular formula is C22H20F3N5O4S. The van der Waals surface area contributed by atoms with Crippen LogP contribution in [0.3, 0.4) is 0 Å². The molecule has 2 amide bonds. The Kier molecular flexibility index (Phi) is 6.47. The van der Waals surface area contributed by atoms with Gasteiger partial charge < -0.3 is 15.5 Å². The van der Waals surface area contributed by atoms with Crippen LogP contribution in [0.1, 0.15) is 35.5 Å². The topological polar surface area (TPSA) is 129 Å². The summed E-state index contributed by atoms with van der Waals surface area (Å²) in [6.45, 7) is 2.02. The molecule has 2 aromatic heterocycles. The molecule has 13 heteroatoms. The molecule has 1 fully saturated rings. The molecule has 1 aliphatic rings. The van der Waals surface area contributed by atoms with Gasteiger partial charge in [-0.25, -0.2) is 24.6 Å². The molecule has 1 atom stereocenters. The van der Waals surface area contributed by atoms with Gasteiger partial charge in [0.25, 0.3) is 0 Å². The largest absolute Gasteiger partial charge is 0.464 e. The molecule has 0 aliphatic carbocycles. The highest BCUT2D eigenvalue weighted by Crippen LogP contribution is 2.39. The minimum atomic E-state index is -4.77. The van der Waals surface area contributed by atoms with Crippen molar-refractivity contribution in [2.24, 2.45) is 0 Å². The van der Waals surface area contributed by atoms with Crippen LogP contribution in [0.2, 0.25) is 0 Å². The molecule has 1 unspecified atom stereocenters. The van der Waals surface area contributed by atoms with Gasteiger partial charge in [0.05, 0.1) is 10.6 Å². The van der Waals surface area contributed by atoms with Crippen molar-refractivity contribution >= 4 is 35.0 Å². The van der Waals surface area contributed by atoms with Crippen LogP contribution in [-0.4, -0.2) is 43.7 Å². The molecule has 1 aromatic carbocycles. The van der Waals surface area contributed by atoms with E-state index in [0.717, 1.165) is 6.20 Å². The van der Waals surface area contributed by atoms with Gasteiger partial charge in [-0.05, 0) is 42.7 Å². The number of hydrogen-bond acceptors (Lipinski definition) is 7. The molecule has 9 nitrogen and oxygen atoms in total. The maximum absolute atomic E-state index is 13.1. The highest BCUT2D eigenvalue weighted by atomic mass is 32.1. The summed E-state index contributed by atoms with van der Waals surface area (Å²) < 4.78 is 39.3. The van der Waals surface area contributed by atoms with Gasteiger partial charge in [0.2, 0.25) is 11.9 Å². The molecule has 0 saturated carbocycles. The lowest BCUT2D eigenvalue weighted by Gasteiger charge is -2.22. The van der Waals surface area contributed by atoms with Gasteiger partial charge in [0.15, 0.2) is 0 Å². The first-order chi connectivity index (χ1) is 16.5. The second kappa shape index (κ2) is 9.23. The Morgan fingerprint density at radius 2 is 2.00 bits per heavy atom. The van der Waals surface area contributed by atoms with Crippen LogP contribution in [0.15, 0.2) is 36.7 Å². The number of aliphatic hydroxyl groups is 1. The minimum absolute atomic E-state index is 0.0461. The van der Waals surface area contributed by atoms with E-state index >= 15 is 0 Å². The summed E-state index contributed by atoms with van der Waals surface area (Å²) in [7, 11) is 0. The smallest absolute Gasteiger partial charge is 0.433 e. The van der Waals surface area contributed by atoms with Gasteiger partial charge in [0, 0.05) is 31.8 Å². The molecule has 0 bridgehead atoms. The fourth-order valence-electron chi connectivity index (χ4n) is 3.74. The Morgan fingerprint density at radius 1 is 1.23 bits per heavy atom. The number of benzene rings is 1. The third kappa shape index (κ3) is 5.25. The van der Waals surface area contributed by atoms with E-state index < -0.39 is 29.5 Å². The van der Waals surface area contributed by atoms with Crippen molar-refractivity contribution in [3.8, 4) is 10.4 Å². The summed E-state index contributed by atoms with van der Waals surface area (Å²) in [4.78, 5) is 36.3. The lowest BCUT2D eigenvalue weighted by molar-refractivity contribution is -0.141. The van der Waals surface area contributed by atoms with E-state index in [4.69, 9.17) is 0 Å². The Morgan fingerprint density at radius 3 is 2.71 bits per heavy atom. The number of carbonyl (C=O) groups excluding carboxylic acids is 1. The predicted octanol–water partition coefficient (Wildman–Crippen LogP) is 4.23. The third-order valence-corrected chi connectivity index (χ3v) is 6.70. The first-order valence-electron chi connectivity index (χ1n) is 10.5. The molecule has 3 aromatic rings. The maximum atomic E-state index is 13.1. The van der Waals surface area contributed by atoms with Crippen molar-refractivity contribution in [3.63, 3.8) is 0 Å². The molecule has 184 valence electrons. The summed E-state index contributed by atoms with van der Waals surface area (Å²) in [5.74, 6) is -0.787. The molecule has 3 N–H and O–H groups in total. The average molecular weight is 507 g/mol. The monoisotopic (exact) mass is 507 g/mol. The number of rotatable bonds is 4. The SMILES string of the molecule is Cc1cc(-c2cnc(C3(O)CCNC(=O)CC3)s2)cc(N(C(=O)O)c2nccc(C(F)(F)F)n2)c1. The van der Waals surface area contributed by atoms with E-state index in [-0.39, 0.29) is 24.4 Å². The predicted molar refractivity (Wildman–Crippen MR) is 120 cm³/mol. The molecule has 4 rings (SSSR count). The summed E-state index contributed by atoms with van der Waals surface area (Å²) in [5, 5.41) is 24.0. The number of aromatic nitrogens is 3. The summed E-state index contributed by atoms with van der Waals surface area (Å²) >= 11 is 1.19. The molecule has 0 spiro atoms. The zero-order valence-electron chi connectivity index (χ0n) is 18.3. The van der Waals surface area contributed by atoms with Crippen LogP contribution in [0.5, 0.6) is 0 Å². The number of nitrogens with zero attached hydrogens (tertiary/aromatic N) is 4. The van der Waals surface area contributed by atoms with Crippen molar-refractivity contribution in [1.29, 1.82) is 0 Å². The number of hydrogen-bond donors (Lipinski definition) is 3. The van der Waals surface area contributed by atoms with E-state index in [0.29, 0.717) is 44.9 Å². The Hall–Kier alpha value is -3.58. The van der Waals surface area contributed by atoms with Crippen molar-refractivity contribution in [2.75, 3.05) is 11.4 Å². The number of carboxylic acid groups (broad SMARTS) is 1. The average Bonchev–Trinajstić information content (AvgIpc) is 3.22. The van der Waals surface area contributed by atoms with E-state index in [1.54, 1.807) is 13.0 Å². The van der Waals surface area contributed by atoms with Crippen molar-refractivity contribution in [2.45, 2.75) is 38.0 Å². The number of alkyl halides is 3. The number of nitrogens with one attached hydrogen (secondary N) is 1. The van der Waals surface area contributed by atoms with Gasteiger partial charge in [0.1, 0.15) is 16.3 Å². The van der Waals surface area contributed by atoms with Crippen LogP contribution in [0, 0.1) is 6.92 Å². The lowest BCUT2D eigenvalue weighted by atomic mass is 9.96. The normalized spacial score (nSPS) is 18.6. The van der Waals surface area contributed by atoms with Crippen LogP contribution < -0.4 is 10.2 Å². The molecule has 35 heavy (non-hydrogen) atoms. The van der Waals surface area contributed by atoms with Gasteiger partial charge >= 0.3 is 12.3 Å². The molecule has 1 saturated heterocycles. The Balaban J connectivity index is 1.71. The van der Waals surface area contributed by atoms with E-state index in [2.05, 4.69) is 20.3 Å². The number of halogens is 3. The van der Waals surface area contributed by atoms with Crippen molar-refractivity contribution in [3.05, 3.63) is 52.9 Å². The molecular weight excluding hydrogens is 487 g/mol. The van der Waals surface area contributed by atoms with Gasteiger partial charge in [-0.1, -0.05) is 6.07 Å². The van der Waals surface area contributed by atoms with Crippen LogP contribution in [0.4, 0.5) is 29.6 Å². The Labute approximate surface area is 201 Å². The van der Waals surface area contributed by atoms with Crippen molar-refractivity contribution < 1.29 is 33.0 Å². The first-order valence-corrected chi connectivity index (χ1v) is 11.3. The van der Waals surface area contributed by atoms with Gasteiger partial charge in [-0.3, -0.25) is 4.79 Å². The number of anilines is 2. The van der Waals surface area contributed by atoms with Gasteiger partial charge in [-0.2, -0.15) is 13.2 Å². The second-order valence-corrected chi connectivity index (χ2v) is 9.11. The quantitative estimate of drug-likeness (QED) is 0.482. The van der Waals surface area contributed by atoms with Gasteiger partial charge in [-0.15, -0.1) is 11.3 Å². The van der Waals surface area contributed by atoms with Crippen LogP contribution in [0.25, 0.3) is 10.4 Å². The summed E-state index contributed by atoms with van der Waals surface area (Å²) in [6.07, 6.45) is -3.28. The minimum Gasteiger partial charge on any atom is -0.464 e. The highest BCUT2D eigenvalue weighted by Gasteiger charge is 2.36. The number of amides is 2. The standard InChI is InChI=1S/C22H20F3N5O4S/c1-12-8-13(15-11-28-18(35-15)21(34)4-2-17(31)26-7-5-21)10-14(9-12)30(20(32)33)19-27-6-3-16(29-19)22(23,24)25/h3,6,8-11,34H,2,4-5,7H2,1H3,(H,26,31)(H,32,33). The molecule has 0 radical (unpaired) electrons. The zero-order valence-corrected chi connectivity index (χ0v) is 19.2. The fourth-order valence-corrected chi connectivity index (χ4v) is 4.79. The summed E-state index contributed by atoms with van der Waals surface area (Å²) in [6, 6.07) is 5.38. The summed E-state index contributed by atoms with van der Waals surface area (Å²) in [5.41, 5.74) is -1.32. The number of aryl methyl sites for hydroxylation is 1. The first kappa shape index (κ1) is 24.5. The fraction of sp³-hybridized carbons (Fsp3) is 0.318. The third-order valence-electron chi connectivity index (χ3n) is 5.46. The maximum Gasteiger partial charge on any atom is 0.433 e.